The summed E-state index contributed by atoms with van der Waals surface area (Å²) in [7, 11) is 0. The molecule has 1 aromatic heterocycles. The highest BCUT2D eigenvalue weighted by Gasteiger charge is 2.41. The Hall–Kier alpha value is -0.930. The van der Waals surface area contributed by atoms with Gasteiger partial charge in [-0.1, -0.05) is 13.8 Å². The van der Waals surface area contributed by atoms with Crippen LogP contribution in [-0.4, -0.2) is 39.7 Å². The number of hydrogen-bond acceptors (Lipinski definition) is 3. The van der Waals surface area contributed by atoms with Crippen molar-refractivity contribution in [2.24, 2.45) is 0 Å². The summed E-state index contributed by atoms with van der Waals surface area (Å²) in [6.07, 6.45) is 8.58. The van der Waals surface area contributed by atoms with Crippen molar-refractivity contribution in [2.75, 3.05) is 13.1 Å². The molecule has 19 heavy (non-hydrogen) atoms. The van der Waals surface area contributed by atoms with Crippen LogP contribution in [0.4, 0.5) is 0 Å². The average molecular weight is 262 g/mol. The van der Waals surface area contributed by atoms with Crippen molar-refractivity contribution in [3.05, 3.63) is 30.1 Å². The van der Waals surface area contributed by atoms with E-state index >= 15 is 0 Å². The van der Waals surface area contributed by atoms with Gasteiger partial charge in [0.1, 0.15) is 0 Å². The maximum atomic E-state index is 10.8. The molecule has 0 bridgehead atoms. The molecule has 2 heterocycles. The van der Waals surface area contributed by atoms with Gasteiger partial charge in [0, 0.05) is 24.4 Å². The molecule has 3 heteroatoms. The van der Waals surface area contributed by atoms with E-state index in [0.717, 1.165) is 32.4 Å². The van der Waals surface area contributed by atoms with E-state index in [1.165, 1.54) is 18.4 Å². The van der Waals surface area contributed by atoms with E-state index in [-0.39, 0.29) is 11.6 Å². The molecule has 1 aliphatic heterocycles. The van der Waals surface area contributed by atoms with Gasteiger partial charge in [-0.15, -0.1) is 0 Å². The molecule has 2 rings (SSSR count). The summed E-state index contributed by atoms with van der Waals surface area (Å²) < 4.78 is 0. The summed E-state index contributed by atoms with van der Waals surface area (Å²) in [6, 6.07) is 4.01. The van der Waals surface area contributed by atoms with E-state index < -0.39 is 0 Å². The maximum Gasteiger partial charge on any atom is 0.0763 e. The molecule has 0 radical (unpaired) electrons. The van der Waals surface area contributed by atoms with E-state index in [2.05, 4.69) is 23.7 Å². The van der Waals surface area contributed by atoms with Crippen LogP contribution in [0.2, 0.25) is 0 Å². The molecular formula is C16H26N2O. The molecule has 0 saturated carbocycles. The SMILES string of the molecule is CCC(CC)(C(O)Cc1ccncc1)N1CCCC1. The molecule has 3 nitrogen and oxygen atoms in total. The number of aliphatic hydroxyl groups excluding tert-OH is 1. The van der Waals surface area contributed by atoms with Gasteiger partial charge in [-0.25, -0.2) is 0 Å². The minimum absolute atomic E-state index is 0.0558. The Balaban J connectivity index is 2.13. The molecule has 1 atom stereocenters. The maximum absolute atomic E-state index is 10.8. The normalized spacial score (nSPS) is 18.7. The van der Waals surface area contributed by atoms with Crippen molar-refractivity contribution in [2.45, 2.75) is 57.6 Å². The lowest BCUT2D eigenvalue weighted by atomic mass is 9.82. The highest BCUT2D eigenvalue weighted by atomic mass is 16.3. The summed E-state index contributed by atoms with van der Waals surface area (Å²) in [5.41, 5.74) is 1.12. The largest absolute Gasteiger partial charge is 0.391 e. The third-order valence-electron chi connectivity index (χ3n) is 4.76. The van der Waals surface area contributed by atoms with Crippen molar-refractivity contribution < 1.29 is 5.11 Å². The third-order valence-corrected chi connectivity index (χ3v) is 4.76. The van der Waals surface area contributed by atoms with Gasteiger partial charge in [-0.05, 0) is 56.5 Å². The summed E-state index contributed by atoms with van der Waals surface area (Å²) in [5.74, 6) is 0. The van der Waals surface area contributed by atoms with E-state index in [9.17, 15) is 5.11 Å². The summed E-state index contributed by atoms with van der Waals surface area (Å²) in [6.45, 7) is 6.68. The fourth-order valence-corrected chi connectivity index (χ4v) is 3.47. The minimum Gasteiger partial charge on any atom is -0.391 e. The molecule has 1 N–H and O–H groups in total. The first-order chi connectivity index (χ1) is 9.23. The minimum atomic E-state index is -0.303. The fraction of sp³-hybridized carbons (Fsp3) is 0.688. The molecule has 0 aromatic carbocycles. The van der Waals surface area contributed by atoms with Gasteiger partial charge in [-0.2, -0.15) is 0 Å². The van der Waals surface area contributed by atoms with Gasteiger partial charge >= 0.3 is 0 Å². The Bertz CT molecular complexity index is 370. The van der Waals surface area contributed by atoms with Crippen LogP contribution in [0.5, 0.6) is 0 Å². The highest BCUT2D eigenvalue weighted by molar-refractivity contribution is 5.13. The van der Waals surface area contributed by atoms with Crippen LogP contribution in [0.1, 0.15) is 45.1 Å². The monoisotopic (exact) mass is 262 g/mol. The highest BCUT2D eigenvalue weighted by Crippen LogP contribution is 2.32. The quantitative estimate of drug-likeness (QED) is 0.856. The van der Waals surface area contributed by atoms with Crippen LogP contribution < -0.4 is 0 Å². The summed E-state index contributed by atoms with van der Waals surface area (Å²) >= 11 is 0. The average Bonchev–Trinajstić information content (AvgIpc) is 2.96. The first-order valence-electron chi connectivity index (χ1n) is 7.55. The Morgan fingerprint density at radius 2 is 1.79 bits per heavy atom. The first-order valence-corrected chi connectivity index (χ1v) is 7.55. The van der Waals surface area contributed by atoms with Crippen LogP contribution in [0.3, 0.4) is 0 Å². The molecule has 0 spiro atoms. The zero-order chi connectivity index (χ0) is 13.7. The lowest BCUT2D eigenvalue weighted by Crippen LogP contribution is -2.55. The van der Waals surface area contributed by atoms with Crippen molar-refractivity contribution in [1.29, 1.82) is 0 Å². The number of aliphatic hydroxyl groups is 1. The van der Waals surface area contributed by atoms with Crippen LogP contribution in [0.25, 0.3) is 0 Å². The lowest BCUT2D eigenvalue weighted by Gasteiger charge is -2.44. The van der Waals surface area contributed by atoms with Crippen LogP contribution in [0, 0.1) is 0 Å². The molecule has 0 aliphatic carbocycles. The third kappa shape index (κ3) is 2.98. The standard InChI is InChI=1S/C16H26N2O/c1-3-16(4-2,18-11-5-6-12-18)15(19)13-14-7-9-17-10-8-14/h7-10,15,19H,3-6,11-13H2,1-2H3. The Labute approximate surface area is 116 Å². The molecule has 1 fully saturated rings. The number of aromatic nitrogens is 1. The number of rotatable bonds is 6. The van der Waals surface area contributed by atoms with E-state index in [4.69, 9.17) is 0 Å². The molecule has 1 aromatic rings. The molecule has 106 valence electrons. The van der Waals surface area contributed by atoms with E-state index in [1.807, 2.05) is 12.1 Å². The summed E-state index contributed by atoms with van der Waals surface area (Å²) in [5, 5.41) is 10.8. The number of nitrogens with zero attached hydrogens (tertiary/aromatic N) is 2. The van der Waals surface area contributed by atoms with Crippen molar-refractivity contribution in [3.63, 3.8) is 0 Å². The van der Waals surface area contributed by atoms with Crippen molar-refractivity contribution >= 4 is 0 Å². The molecule has 1 saturated heterocycles. The van der Waals surface area contributed by atoms with Gasteiger partial charge in [-0.3, -0.25) is 9.88 Å². The van der Waals surface area contributed by atoms with Gasteiger partial charge in [0.15, 0.2) is 0 Å². The molecule has 1 aliphatic rings. The van der Waals surface area contributed by atoms with Crippen molar-refractivity contribution in [1.82, 2.24) is 9.88 Å². The van der Waals surface area contributed by atoms with E-state index in [0.29, 0.717) is 0 Å². The molecular weight excluding hydrogens is 236 g/mol. The zero-order valence-electron chi connectivity index (χ0n) is 12.2. The smallest absolute Gasteiger partial charge is 0.0763 e. The van der Waals surface area contributed by atoms with Gasteiger partial charge < -0.3 is 5.11 Å². The topological polar surface area (TPSA) is 36.4 Å². The van der Waals surface area contributed by atoms with Gasteiger partial charge in [0.05, 0.1) is 6.10 Å². The fourth-order valence-electron chi connectivity index (χ4n) is 3.47. The lowest BCUT2D eigenvalue weighted by molar-refractivity contribution is -0.0270. The van der Waals surface area contributed by atoms with Gasteiger partial charge in [0.25, 0.3) is 0 Å². The number of pyridine rings is 1. The Kier molecular flexibility index (Phi) is 4.94. The summed E-state index contributed by atoms with van der Waals surface area (Å²) in [4.78, 5) is 6.55. The van der Waals surface area contributed by atoms with Crippen LogP contribution >= 0.6 is 0 Å². The molecule has 1 unspecified atom stereocenters. The second kappa shape index (κ2) is 6.49. The van der Waals surface area contributed by atoms with Crippen LogP contribution in [0.15, 0.2) is 24.5 Å². The van der Waals surface area contributed by atoms with E-state index in [1.54, 1.807) is 12.4 Å². The number of hydrogen-bond donors (Lipinski definition) is 1. The zero-order valence-corrected chi connectivity index (χ0v) is 12.2. The Morgan fingerprint density at radius 3 is 2.32 bits per heavy atom. The van der Waals surface area contributed by atoms with Crippen molar-refractivity contribution in [3.8, 4) is 0 Å². The number of likely N-dealkylation sites (tertiary alicyclic amines) is 1. The predicted molar refractivity (Wildman–Crippen MR) is 78.1 cm³/mol. The predicted octanol–water partition coefficient (Wildman–Crippen LogP) is 2.64. The first kappa shape index (κ1) is 14.5. The second-order valence-electron chi connectivity index (χ2n) is 5.58. The second-order valence-corrected chi connectivity index (χ2v) is 5.58. The molecule has 0 amide bonds. The Morgan fingerprint density at radius 1 is 1.21 bits per heavy atom. The van der Waals surface area contributed by atoms with Crippen LogP contribution in [-0.2, 0) is 6.42 Å². The van der Waals surface area contributed by atoms with Gasteiger partial charge in [0.2, 0.25) is 0 Å².